The molecule has 1 saturated heterocycles. The molecule has 0 spiro atoms. The molecule has 6 heteroatoms. The Bertz CT molecular complexity index is 413. The molecule has 15 heavy (non-hydrogen) atoms. The van der Waals surface area contributed by atoms with E-state index in [4.69, 9.17) is 0 Å². The van der Waals surface area contributed by atoms with Gasteiger partial charge in [-0.05, 0) is 24.3 Å². The van der Waals surface area contributed by atoms with E-state index in [2.05, 4.69) is 0 Å². The van der Waals surface area contributed by atoms with Crippen LogP contribution in [-0.2, 0) is 10.0 Å². The Morgan fingerprint density at radius 1 is 1.53 bits per heavy atom. The van der Waals surface area contributed by atoms with Crippen LogP contribution >= 0.6 is 11.3 Å². The number of piperidine rings is 1. The largest absolute Gasteiger partial charge is 0.392 e. The molecule has 2 heterocycles. The van der Waals surface area contributed by atoms with E-state index in [1.807, 2.05) is 0 Å². The summed E-state index contributed by atoms with van der Waals surface area (Å²) in [7, 11) is -3.36. The average Bonchev–Trinajstić information content (AvgIpc) is 2.71. The van der Waals surface area contributed by atoms with Crippen LogP contribution in [0.15, 0.2) is 21.7 Å². The molecule has 1 unspecified atom stereocenters. The van der Waals surface area contributed by atoms with Crippen LogP contribution in [0.25, 0.3) is 0 Å². The molecule has 1 aliphatic rings. The Balaban J connectivity index is 2.22. The highest BCUT2D eigenvalue weighted by Crippen LogP contribution is 2.23. The summed E-state index contributed by atoms with van der Waals surface area (Å²) in [5.74, 6) is 0. The fraction of sp³-hybridized carbons (Fsp3) is 0.556. The first-order valence-corrected chi connectivity index (χ1v) is 7.14. The van der Waals surface area contributed by atoms with E-state index in [-0.39, 0.29) is 6.54 Å². The Hall–Kier alpha value is -0.430. The Kier molecular flexibility index (Phi) is 3.11. The van der Waals surface area contributed by atoms with Gasteiger partial charge in [0.1, 0.15) is 4.21 Å². The summed E-state index contributed by atoms with van der Waals surface area (Å²) in [4.78, 5) is 0. The fourth-order valence-electron chi connectivity index (χ4n) is 1.68. The number of thiophene rings is 1. The summed E-state index contributed by atoms with van der Waals surface area (Å²) >= 11 is 1.21. The number of β-amino-alcohol motifs (C(OH)–C–C–N with tert-alkyl or cyclic N) is 1. The van der Waals surface area contributed by atoms with Crippen molar-refractivity contribution in [3.63, 3.8) is 0 Å². The third kappa shape index (κ3) is 2.23. The minimum Gasteiger partial charge on any atom is -0.392 e. The molecule has 4 nitrogen and oxygen atoms in total. The molecule has 1 aromatic heterocycles. The van der Waals surface area contributed by atoms with Crippen molar-refractivity contribution in [2.75, 3.05) is 13.1 Å². The number of hydrogen-bond donors (Lipinski definition) is 1. The van der Waals surface area contributed by atoms with Crippen molar-refractivity contribution in [2.45, 2.75) is 23.2 Å². The molecule has 2 rings (SSSR count). The lowest BCUT2D eigenvalue weighted by molar-refractivity contribution is 0.108. The molecule has 0 aliphatic carbocycles. The lowest BCUT2D eigenvalue weighted by Crippen LogP contribution is -2.41. The Morgan fingerprint density at radius 3 is 2.93 bits per heavy atom. The van der Waals surface area contributed by atoms with Gasteiger partial charge in [-0.15, -0.1) is 11.3 Å². The lowest BCUT2D eigenvalue weighted by atomic mass is 10.1. The molecule has 0 aromatic carbocycles. The predicted molar refractivity (Wildman–Crippen MR) is 58.3 cm³/mol. The minimum absolute atomic E-state index is 0.222. The summed E-state index contributed by atoms with van der Waals surface area (Å²) < 4.78 is 25.8. The van der Waals surface area contributed by atoms with Gasteiger partial charge in [0.25, 0.3) is 10.0 Å². The third-order valence-corrected chi connectivity index (χ3v) is 5.69. The second kappa shape index (κ2) is 4.21. The molecule has 1 fully saturated rings. The number of aliphatic hydroxyl groups excluding tert-OH is 1. The Labute approximate surface area is 93.2 Å². The maximum atomic E-state index is 12.0. The number of sulfonamides is 1. The summed E-state index contributed by atoms with van der Waals surface area (Å²) in [5, 5.41) is 11.2. The van der Waals surface area contributed by atoms with Crippen LogP contribution in [0.5, 0.6) is 0 Å². The van der Waals surface area contributed by atoms with Gasteiger partial charge in [-0.1, -0.05) is 6.07 Å². The standard InChI is InChI=1S/C9H13NO3S2/c11-8-3-1-5-10(7-8)15(12,13)9-4-2-6-14-9/h2,4,6,8,11H,1,3,5,7H2. The highest BCUT2D eigenvalue weighted by Gasteiger charge is 2.29. The van der Waals surface area contributed by atoms with E-state index < -0.39 is 16.1 Å². The molecule has 1 atom stereocenters. The maximum absolute atomic E-state index is 12.0. The van der Waals surface area contributed by atoms with Gasteiger partial charge in [-0.25, -0.2) is 8.42 Å². The first kappa shape index (κ1) is 11.1. The zero-order valence-corrected chi connectivity index (χ0v) is 9.80. The normalized spacial score (nSPS) is 24.2. The van der Waals surface area contributed by atoms with Gasteiger partial charge < -0.3 is 5.11 Å². The third-order valence-electron chi connectivity index (χ3n) is 2.45. The van der Waals surface area contributed by atoms with Crippen LogP contribution in [0, 0.1) is 0 Å². The van der Waals surface area contributed by atoms with Crippen molar-refractivity contribution < 1.29 is 13.5 Å². The Morgan fingerprint density at radius 2 is 2.33 bits per heavy atom. The molecule has 1 aromatic rings. The molecule has 1 aliphatic heterocycles. The van der Waals surface area contributed by atoms with Crippen LogP contribution < -0.4 is 0 Å². The lowest BCUT2D eigenvalue weighted by Gasteiger charge is -2.28. The highest BCUT2D eigenvalue weighted by atomic mass is 32.2. The fourth-order valence-corrected chi connectivity index (χ4v) is 4.34. The molecular formula is C9H13NO3S2. The zero-order valence-electron chi connectivity index (χ0n) is 8.17. The maximum Gasteiger partial charge on any atom is 0.252 e. The number of nitrogens with zero attached hydrogens (tertiary/aromatic N) is 1. The van der Waals surface area contributed by atoms with Crippen LogP contribution in [0.3, 0.4) is 0 Å². The van der Waals surface area contributed by atoms with E-state index in [9.17, 15) is 13.5 Å². The van der Waals surface area contributed by atoms with Gasteiger partial charge in [0.15, 0.2) is 0 Å². The number of hydrogen-bond acceptors (Lipinski definition) is 4. The SMILES string of the molecule is O=S(=O)(c1cccs1)N1CCCC(O)C1. The highest BCUT2D eigenvalue weighted by molar-refractivity contribution is 7.91. The van der Waals surface area contributed by atoms with Crippen molar-refractivity contribution in [2.24, 2.45) is 0 Å². The second-order valence-corrected chi connectivity index (χ2v) is 6.70. The topological polar surface area (TPSA) is 57.6 Å². The van der Waals surface area contributed by atoms with Gasteiger partial charge in [0.2, 0.25) is 0 Å². The predicted octanol–water partition coefficient (Wildman–Crippen LogP) is 0.894. The van der Waals surface area contributed by atoms with Crippen LogP contribution in [-0.4, -0.2) is 37.0 Å². The molecular weight excluding hydrogens is 234 g/mol. The van der Waals surface area contributed by atoms with Crippen molar-refractivity contribution in [1.82, 2.24) is 4.31 Å². The molecule has 0 saturated carbocycles. The van der Waals surface area contributed by atoms with Gasteiger partial charge in [-0.2, -0.15) is 4.31 Å². The van der Waals surface area contributed by atoms with Crippen molar-refractivity contribution in [1.29, 1.82) is 0 Å². The monoisotopic (exact) mass is 247 g/mol. The van der Waals surface area contributed by atoms with Gasteiger partial charge in [-0.3, -0.25) is 0 Å². The van der Waals surface area contributed by atoms with E-state index >= 15 is 0 Å². The molecule has 1 N–H and O–H groups in total. The second-order valence-electron chi connectivity index (χ2n) is 3.59. The van der Waals surface area contributed by atoms with Crippen molar-refractivity contribution in [3.05, 3.63) is 17.5 Å². The summed E-state index contributed by atoms with van der Waals surface area (Å²) in [6, 6.07) is 3.32. The number of rotatable bonds is 2. The van der Waals surface area contributed by atoms with E-state index in [0.717, 1.165) is 6.42 Å². The number of aliphatic hydroxyl groups is 1. The summed E-state index contributed by atoms with van der Waals surface area (Å²) in [6.07, 6.45) is 0.899. The van der Waals surface area contributed by atoms with Crippen LogP contribution in [0.1, 0.15) is 12.8 Å². The molecule has 0 amide bonds. The zero-order chi connectivity index (χ0) is 10.9. The molecule has 0 radical (unpaired) electrons. The quantitative estimate of drug-likeness (QED) is 0.844. The van der Waals surface area contributed by atoms with E-state index in [0.29, 0.717) is 17.2 Å². The van der Waals surface area contributed by atoms with Gasteiger partial charge in [0.05, 0.1) is 6.10 Å². The molecule has 84 valence electrons. The van der Waals surface area contributed by atoms with Crippen LogP contribution in [0.4, 0.5) is 0 Å². The first-order chi connectivity index (χ1) is 7.10. The van der Waals surface area contributed by atoms with Gasteiger partial charge in [0, 0.05) is 13.1 Å². The minimum atomic E-state index is -3.36. The summed E-state index contributed by atoms with van der Waals surface area (Å²) in [5.41, 5.74) is 0. The van der Waals surface area contributed by atoms with Gasteiger partial charge >= 0.3 is 0 Å². The molecule has 0 bridgehead atoms. The smallest absolute Gasteiger partial charge is 0.252 e. The summed E-state index contributed by atoms with van der Waals surface area (Å²) in [6.45, 7) is 0.734. The van der Waals surface area contributed by atoms with Crippen molar-refractivity contribution in [3.8, 4) is 0 Å². The van der Waals surface area contributed by atoms with E-state index in [1.54, 1.807) is 17.5 Å². The van der Waals surface area contributed by atoms with Crippen LogP contribution in [0.2, 0.25) is 0 Å². The first-order valence-electron chi connectivity index (χ1n) is 4.82. The van der Waals surface area contributed by atoms with E-state index in [1.165, 1.54) is 15.6 Å². The van der Waals surface area contributed by atoms with Crippen molar-refractivity contribution >= 4 is 21.4 Å². The average molecular weight is 247 g/mol.